The molecule has 0 N–H and O–H groups in total. The summed E-state index contributed by atoms with van der Waals surface area (Å²) in [6, 6.07) is 7.77. The molecule has 4 aromatic heterocycles. The number of nitrogens with zero attached hydrogens (tertiary/aromatic N) is 7. The quantitative estimate of drug-likeness (QED) is 0.564. The monoisotopic (exact) mass is 347 g/mol. The van der Waals surface area contributed by atoms with E-state index in [2.05, 4.69) is 25.3 Å². The molecule has 8 heteroatoms. The van der Waals surface area contributed by atoms with Crippen LogP contribution in [0.25, 0.3) is 17.2 Å². The third kappa shape index (κ3) is 2.26. The number of pyridine rings is 1. The number of aryl methyl sites for hydroxylation is 2. The number of hydrogen-bond donors (Lipinski definition) is 0. The second kappa shape index (κ2) is 5.35. The number of hydrogen-bond acceptors (Lipinski definition) is 6. The van der Waals surface area contributed by atoms with E-state index < -0.39 is 0 Å². The van der Waals surface area contributed by atoms with Crippen molar-refractivity contribution >= 4 is 0 Å². The van der Waals surface area contributed by atoms with Crippen LogP contribution in [0.4, 0.5) is 0 Å². The second-order valence-corrected chi connectivity index (χ2v) is 6.65. The zero-order chi connectivity index (χ0) is 17.7. The van der Waals surface area contributed by atoms with Gasteiger partial charge in [-0.25, -0.2) is 4.68 Å². The minimum absolute atomic E-state index is 0.293. The van der Waals surface area contributed by atoms with E-state index >= 15 is 0 Å². The fraction of sp³-hybridized carbons (Fsp3) is 0.278. The van der Waals surface area contributed by atoms with Crippen LogP contribution in [0.5, 0.6) is 0 Å². The largest absolute Gasteiger partial charge is 0.336 e. The summed E-state index contributed by atoms with van der Waals surface area (Å²) >= 11 is 0. The molecule has 4 aromatic rings. The van der Waals surface area contributed by atoms with Gasteiger partial charge in [0.25, 0.3) is 5.89 Å². The molecular formula is C18H17N7O. The van der Waals surface area contributed by atoms with E-state index in [1.165, 1.54) is 0 Å². The van der Waals surface area contributed by atoms with Crippen LogP contribution in [0.2, 0.25) is 0 Å². The Hall–Kier alpha value is -3.29. The summed E-state index contributed by atoms with van der Waals surface area (Å²) in [7, 11) is 0. The standard InChI is InChI=1S/C18H17N7O/c1-12-10-13(2)25(22-12)14-4-5-15(19-11-14)16-21-17(26-23-16)18(6-7-18)24-9-3-8-20-24/h3-5,8-11H,6-7H2,1-2H3. The number of aromatic nitrogens is 7. The third-order valence-electron chi connectivity index (χ3n) is 4.72. The Morgan fingerprint density at radius 3 is 2.69 bits per heavy atom. The van der Waals surface area contributed by atoms with Crippen molar-refractivity contribution in [2.45, 2.75) is 32.2 Å². The van der Waals surface area contributed by atoms with Crippen molar-refractivity contribution in [2.75, 3.05) is 0 Å². The highest BCUT2D eigenvalue weighted by molar-refractivity contribution is 5.50. The second-order valence-electron chi connectivity index (χ2n) is 6.65. The molecule has 0 saturated heterocycles. The van der Waals surface area contributed by atoms with Crippen molar-refractivity contribution < 1.29 is 4.52 Å². The minimum Gasteiger partial charge on any atom is -0.336 e. The van der Waals surface area contributed by atoms with E-state index in [1.807, 2.05) is 53.7 Å². The molecule has 0 aromatic carbocycles. The summed E-state index contributed by atoms with van der Waals surface area (Å²) in [5.41, 5.74) is 3.31. The van der Waals surface area contributed by atoms with Gasteiger partial charge in [-0.2, -0.15) is 15.2 Å². The molecule has 8 nitrogen and oxygen atoms in total. The molecule has 1 fully saturated rings. The molecule has 0 radical (unpaired) electrons. The van der Waals surface area contributed by atoms with Gasteiger partial charge in [0.05, 0.1) is 17.6 Å². The average Bonchev–Trinajstić information content (AvgIpc) is 3.06. The molecule has 26 heavy (non-hydrogen) atoms. The van der Waals surface area contributed by atoms with Gasteiger partial charge in [-0.1, -0.05) is 5.16 Å². The Morgan fingerprint density at radius 1 is 1.19 bits per heavy atom. The lowest BCUT2D eigenvalue weighted by Gasteiger charge is -2.09. The Balaban J connectivity index is 1.45. The van der Waals surface area contributed by atoms with Gasteiger partial charge < -0.3 is 4.52 Å². The van der Waals surface area contributed by atoms with Crippen molar-refractivity contribution in [1.82, 2.24) is 34.7 Å². The highest BCUT2D eigenvalue weighted by atomic mass is 16.5. The zero-order valence-corrected chi connectivity index (χ0v) is 14.5. The van der Waals surface area contributed by atoms with Crippen LogP contribution in [0.15, 0.2) is 47.4 Å². The summed E-state index contributed by atoms with van der Waals surface area (Å²) in [5, 5.41) is 12.9. The Kier molecular flexibility index (Phi) is 3.09. The Labute approximate surface area is 149 Å². The van der Waals surface area contributed by atoms with Gasteiger partial charge in [0, 0.05) is 18.1 Å². The van der Waals surface area contributed by atoms with Gasteiger partial charge in [-0.3, -0.25) is 9.67 Å². The maximum absolute atomic E-state index is 5.53. The van der Waals surface area contributed by atoms with Crippen LogP contribution in [0.1, 0.15) is 30.1 Å². The summed E-state index contributed by atoms with van der Waals surface area (Å²) in [5.74, 6) is 1.07. The molecular weight excluding hydrogens is 330 g/mol. The van der Waals surface area contributed by atoms with Crippen LogP contribution in [0, 0.1) is 13.8 Å². The van der Waals surface area contributed by atoms with Crippen molar-refractivity contribution in [1.29, 1.82) is 0 Å². The smallest absolute Gasteiger partial charge is 0.254 e. The first-order valence-electron chi connectivity index (χ1n) is 8.50. The fourth-order valence-corrected chi connectivity index (χ4v) is 3.23. The Morgan fingerprint density at radius 2 is 2.08 bits per heavy atom. The first-order valence-corrected chi connectivity index (χ1v) is 8.50. The lowest BCUT2D eigenvalue weighted by molar-refractivity contribution is 0.314. The first kappa shape index (κ1) is 15.0. The summed E-state index contributed by atoms with van der Waals surface area (Å²) in [4.78, 5) is 9.06. The van der Waals surface area contributed by atoms with Crippen LogP contribution >= 0.6 is 0 Å². The summed E-state index contributed by atoms with van der Waals surface area (Å²) in [6.45, 7) is 3.99. The first-order chi connectivity index (χ1) is 12.7. The van der Waals surface area contributed by atoms with Gasteiger partial charge in [0.1, 0.15) is 11.2 Å². The van der Waals surface area contributed by atoms with E-state index in [4.69, 9.17) is 4.52 Å². The maximum atomic E-state index is 5.53. The minimum atomic E-state index is -0.293. The van der Waals surface area contributed by atoms with Gasteiger partial charge >= 0.3 is 0 Å². The molecule has 1 aliphatic carbocycles. The molecule has 1 aliphatic rings. The van der Waals surface area contributed by atoms with Crippen LogP contribution in [0.3, 0.4) is 0 Å². The molecule has 4 heterocycles. The maximum Gasteiger partial charge on any atom is 0.254 e. The van der Waals surface area contributed by atoms with Crippen molar-refractivity contribution in [3.05, 3.63) is 60.1 Å². The predicted octanol–water partition coefficient (Wildman–Crippen LogP) is 2.67. The topological polar surface area (TPSA) is 87.5 Å². The van der Waals surface area contributed by atoms with Crippen molar-refractivity contribution in [3.63, 3.8) is 0 Å². The molecule has 0 bridgehead atoms. The fourth-order valence-electron chi connectivity index (χ4n) is 3.23. The van der Waals surface area contributed by atoms with Crippen LogP contribution < -0.4 is 0 Å². The normalized spacial score (nSPS) is 15.3. The van der Waals surface area contributed by atoms with Crippen molar-refractivity contribution in [2.24, 2.45) is 0 Å². The van der Waals surface area contributed by atoms with Gasteiger partial charge in [0.15, 0.2) is 0 Å². The van der Waals surface area contributed by atoms with E-state index in [1.54, 1.807) is 12.4 Å². The van der Waals surface area contributed by atoms with Gasteiger partial charge in [0.2, 0.25) is 5.82 Å². The van der Waals surface area contributed by atoms with E-state index in [-0.39, 0.29) is 5.54 Å². The summed E-state index contributed by atoms with van der Waals surface area (Å²) < 4.78 is 9.29. The van der Waals surface area contributed by atoms with Gasteiger partial charge in [-0.05, 0) is 51.0 Å². The predicted molar refractivity (Wildman–Crippen MR) is 92.7 cm³/mol. The molecule has 1 saturated carbocycles. The van der Waals surface area contributed by atoms with E-state index in [0.29, 0.717) is 17.4 Å². The van der Waals surface area contributed by atoms with Crippen molar-refractivity contribution in [3.8, 4) is 17.2 Å². The molecule has 0 spiro atoms. The molecule has 130 valence electrons. The SMILES string of the molecule is Cc1cc(C)n(-c2ccc(-c3noc(C4(n5cccn5)CC4)n3)nc2)n1. The van der Waals surface area contributed by atoms with Crippen LogP contribution in [-0.4, -0.2) is 34.7 Å². The lowest BCUT2D eigenvalue weighted by atomic mass is 10.2. The zero-order valence-electron chi connectivity index (χ0n) is 14.5. The average molecular weight is 347 g/mol. The number of rotatable bonds is 4. The molecule has 0 aliphatic heterocycles. The molecule has 0 unspecified atom stereocenters. The highest BCUT2D eigenvalue weighted by Crippen LogP contribution is 2.48. The third-order valence-corrected chi connectivity index (χ3v) is 4.72. The van der Waals surface area contributed by atoms with Gasteiger partial charge in [-0.15, -0.1) is 0 Å². The lowest BCUT2D eigenvalue weighted by Crippen LogP contribution is -2.19. The molecule has 0 atom stereocenters. The summed E-state index contributed by atoms with van der Waals surface area (Å²) in [6.07, 6.45) is 7.35. The van der Waals surface area contributed by atoms with E-state index in [9.17, 15) is 0 Å². The molecule has 0 amide bonds. The Bertz CT molecular complexity index is 1060. The highest BCUT2D eigenvalue weighted by Gasteiger charge is 2.52. The van der Waals surface area contributed by atoms with E-state index in [0.717, 1.165) is 29.9 Å². The molecule has 5 rings (SSSR count). The van der Waals surface area contributed by atoms with Crippen LogP contribution in [-0.2, 0) is 5.54 Å².